The lowest BCUT2D eigenvalue weighted by atomic mass is 10.1. The first-order chi connectivity index (χ1) is 7.41. The van der Waals surface area contributed by atoms with E-state index in [0.29, 0.717) is 5.02 Å². The molecule has 0 aliphatic heterocycles. The van der Waals surface area contributed by atoms with Crippen molar-refractivity contribution in [2.45, 2.75) is 13.0 Å². The zero-order chi connectivity index (χ0) is 12.3. The van der Waals surface area contributed by atoms with Crippen LogP contribution in [0.3, 0.4) is 0 Å². The molecule has 1 rings (SSSR count). The van der Waals surface area contributed by atoms with Crippen molar-refractivity contribution in [3.05, 3.63) is 28.8 Å². The van der Waals surface area contributed by atoms with E-state index in [9.17, 15) is 9.90 Å². The molecule has 88 valence electrons. The Morgan fingerprint density at radius 2 is 2.19 bits per heavy atom. The van der Waals surface area contributed by atoms with Crippen molar-refractivity contribution in [3.8, 4) is 5.75 Å². The van der Waals surface area contributed by atoms with Crippen molar-refractivity contribution in [2.24, 2.45) is 0 Å². The van der Waals surface area contributed by atoms with Gasteiger partial charge in [-0.05, 0) is 25.1 Å². The van der Waals surface area contributed by atoms with Gasteiger partial charge in [0.25, 0.3) is 5.91 Å². The van der Waals surface area contributed by atoms with E-state index in [2.05, 4.69) is 0 Å². The normalized spacial score (nSPS) is 12.2. The van der Waals surface area contributed by atoms with Gasteiger partial charge in [-0.25, -0.2) is 0 Å². The molecule has 2 N–H and O–H groups in total. The summed E-state index contributed by atoms with van der Waals surface area (Å²) >= 11 is 5.66. The molecule has 0 aliphatic rings. The first-order valence-corrected chi connectivity index (χ1v) is 5.21. The Labute approximate surface area is 99.1 Å². The van der Waals surface area contributed by atoms with Gasteiger partial charge in [0.15, 0.2) is 0 Å². The average Bonchev–Trinajstić information content (AvgIpc) is 2.15. The van der Waals surface area contributed by atoms with Crippen molar-refractivity contribution < 1.29 is 15.0 Å². The fraction of sp³-hybridized carbons (Fsp3) is 0.364. The molecular formula is C11H14ClNO3. The summed E-state index contributed by atoms with van der Waals surface area (Å²) in [6, 6.07) is 4.30. The molecule has 0 aliphatic carbocycles. The number of halogens is 1. The van der Waals surface area contributed by atoms with Crippen molar-refractivity contribution in [3.63, 3.8) is 0 Å². The number of amides is 1. The van der Waals surface area contributed by atoms with Crippen LogP contribution in [0.5, 0.6) is 5.75 Å². The maximum absolute atomic E-state index is 11.8. The number of likely N-dealkylation sites (N-methyl/N-ethyl adjacent to an activating group) is 1. The molecule has 1 atom stereocenters. The highest BCUT2D eigenvalue weighted by atomic mass is 35.5. The van der Waals surface area contributed by atoms with Crippen molar-refractivity contribution >= 4 is 17.5 Å². The number of aliphatic hydroxyl groups excluding tert-OH is 1. The summed E-state index contributed by atoms with van der Waals surface area (Å²) in [6.45, 7) is 1.80. The molecule has 1 unspecified atom stereocenters. The lowest BCUT2D eigenvalue weighted by Gasteiger charge is -2.19. The summed E-state index contributed by atoms with van der Waals surface area (Å²) in [5, 5.41) is 19.1. The smallest absolute Gasteiger partial charge is 0.257 e. The summed E-state index contributed by atoms with van der Waals surface area (Å²) in [6.07, 6.45) is -0.608. The number of phenolic OH excluding ortho intramolecular Hbond substituents is 1. The molecule has 0 heterocycles. The molecule has 0 aromatic heterocycles. The van der Waals surface area contributed by atoms with E-state index >= 15 is 0 Å². The van der Waals surface area contributed by atoms with Crippen LogP contribution in [-0.2, 0) is 0 Å². The van der Waals surface area contributed by atoms with Crippen LogP contribution in [0.2, 0.25) is 5.02 Å². The minimum Gasteiger partial charge on any atom is -0.507 e. The topological polar surface area (TPSA) is 60.8 Å². The van der Waals surface area contributed by atoms with E-state index < -0.39 is 6.10 Å². The molecule has 1 amide bonds. The van der Waals surface area contributed by atoms with Gasteiger partial charge in [0.1, 0.15) is 5.75 Å². The predicted octanol–water partition coefficient (Wildman–Crippen LogP) is 1.50. The highest BCUT2D eigenvalue weighted by Crippen LogP contribution is 2.22. The summed E-state index contributed by atoms with van der Waals surface area (Å²) in [4.78, 5) is 13.2. The molecule has 0 saturated carbocycles. The Morgan fingerprint density at radius 3 is 2.69 bits per heavy atom. The van der Waals surface area contributed by atoms with Gasteiger partial charge in [0, 0.05) is 18.6 Å². The summed E-state index contributed by atoms with van der Waals surface area (Å²) in [7, 11) is 1.56. The number of hydrogen-bond acceptors (Lipinski definition) is 3. The third kappa shape index (κ3) is 3.12. The second-order valence-electron chi connectivity index (χ2n) is 3.70. The van der Waals surface area contributed by atoms with E-state index in [0.717, 1.165) is 0 Å². The maximum Gasteiger partial charge on any atom is 0.257 e. The second kappa shape index (κ2) is 5.18. The van der Waals surface area contributed by atoms with Crippen LogP contribution in [0, 0.1) is 0 Å². The first kappa shape index (κ1) is 12.8. The number of carbonyl (C=O) groups excluding carboxylic acids is 1. The van der Waals surface area contributed by atoms with Gasteiger partial charge >= 0.3 is 0 Å². The molecule has 1 aromatic carbocycles. The lowest BCUT2D eigenvalue weighted by Crippen LogP contribution is -2.33. The Balaban J connectivity index is 2.88. The van der Waals surface area contributed by atoms with Gasteiger partial charge in [-0.3, -0.25) is 4.79 Å². The van der Waals surface area contributed by atoms with Gasteiger partial charge < -0.3 is 15.1 Å². The van der Waals surface area contributed by atoms with Gasteiger partial charge in [0.05, 0.1) is 11.7 Å². The van der Waals surface area contributed by atoms with E-state index in [-0.39, 0.29) is 23.8 Å². The van der Waals surface area contributed by atoms with E-state index in [1.165, 1.54) is 23.1 Å². The lowest BCUT2D eigenvalue weighted by molar-refractivity contribution is 0.0701. The highest BCUT2D eigenvalue weighted by molar-refractivity contribution is 6.30. The quantitative estimate of drug-likeness (QED) is 0.846. The van der Waals surface area contributed by atoms with Crippen LogP contribution >= 0.6 is 11.6 Å². The Bertz CT molecular complexity index is 393. The summed E-state index contributed by atoms with van der Waals surface area (Å²) < 4.78 is 0. The minimum atomic E-state index is -0.608. The fourth-order valence-corrected chi connectivity index (χ4v) is 1.54. The molecule has 0 spiro atoms. The molecule has 0 fully saturated rings. The van der Waals surface area contributed by atoms with Crippen LogP contribution in [0.15, 0.2) is 18.2 Å². The zero-order valence-electron chi connectivity index (χ0n) is 9.14. The summed E-state index contributed by atoms with van der Waals surface area (Å²) in [5.41, 5.74) is 0.174. The monoisotopic (exact) mass is 243 g/mol. The molecule has 16 heavy (non-hydrogen) atoms. The number of rotatable bonds is 3. The molecule has 0 bridgehead atoms. The third-order valence-electron chi connectivity index (χ3n) is 2.07. The van der Waals surface area contributed by atoms with E-state index in [1.54, 1.807) is 14.0 Å². The minimum absolute atomic E-state index is 0.157. The number of phenols is 1. The Kier molecular flexibility index (Phi) is 4.15. The predicted molar refractivity (Wildman–Crippen MR) is 61.8 cm³/mol. The van der Waals surface area contributed by atoms with E-state index in [1.807, 2.05) is 0 Å². The SMILES string of the molecule is CC(O)CN(C)C(=O)c1ccc(Cl)cc1O. The number of aromatic hydroxyl groups is 1. The van der Waals surface area contributed by atoms with Gasteiger partial charge in [-0.2, -0.15) is 0 Å². The standard InChI is InChI=1S/C11H14ClNO3/c1-7(14)6-13(2)11(16)9-4-3-8(12)5-10(9)15/h3-5,7,14-15H,6H2,1-2H3. The molecule has 1 aromatic rings. The van der Waals surface area contributed by atoms with Crippen LogP contribution in [-0.4, -0.2) is 40.7 Å². The molecule has 0 saturated heterocycles. The van der Waals surface area contributed by atoms with Gasteiger partial charge in [-0.1, -0.05) is 11.6 Å². The number of benzene rings is 1. The number of hydrogen-bond donors (Lipinski definition) is 2. The fourth-order valence-electron chi connectivity index (χ4n) is 1.37. The first-order valence-electron chi connectivity index (χ1n) is 4.84. The van der Waals surface area contributed by atoms with Crippen LogP contribution in [0.1, 0.15) is 17.3 Å². The third-order valence-corrected chi connectivity index (χ3v) is 2.31. The Morgan fingerprint density at radius 1 is 1.56 bits per heavy atom. The zero-order valence-corrected chi connectivity index (χ0v) is 9.90. The highest BCUT2D eigenvalue weighted by Gasteiger charge is 2.16. The number of nitrogens with zero attached hydrogens (tertiary/aromatic N) is 1. The van der Waals surface area contributed by atoms with Crippen molar-refractivity contribution in [2.75, 3.05) is 13.6 Å². The number of aliphatic hydroxyl groups is 1. The van der Waals surface area contributed by atoms with Crippen molar-refractivity contribution in [1.82, 2.24) is 4.90 Å². The average molecular weight is 244 g/mol. The van der Waals surface area contributed by atoms with Crippen molar-refractivity contribution in [1.29, 1.82) is 0 Å². The number of carbonyl (C=O) groups is 1. The molecule has 5 heteroatoms. The van der Waals surface area contributed by atoms with Crippen LogP contribution < -0.4 is 0 Å². The Hall–Kier alpha value is -1.26. The van der Waals surface area contributed by atoms with Crippen LogP contribution in [0.4, 0.5) is 0 Å². The maximum atomic E-state index is 11.8. The summed E-state index contributed by atoms with van der Waals surface area (Å²) in [5.74, 6) is -0.509. The van der Waals surface area contributed by atoms with Crippen LogP contribution in [0.25, 0.3) is 0 Å². The second-order valence-corrected chi connectivity index (χ2v) is 4.13. The molecule has 4 nitrogen and oxygen atoms in total. The van der Waals surface area contributed by atoms with Gasteiger partial charge in [0.2, 0.25) is 0 Å². The van der Waals surface area contributed by atoms with Gasteiger partial charge in [-0.15, -0.1) is 0 Å². The largest absolute Gasteiger partial charge is 0.507 e. The molecule has 0 radical (unpaired) electrons. The molecular weight excluding hydrogens is 230 g/mol. The van der Waals surface area contributed by atoms with E-state index in [4.69, 9.17) is 16.7 Å².